The van der Waals surface area contributed by atoms with Crippen LogP contribution >= 0.6 is 11.3 Å². The van der Waals surface area contributed by atoms with Crippen LogP contribution in [0.4, 0.5) is 5.69 Å². The van der Waals surface area contributed by atoms with Crippen LogP contribution in [0.15, 0.2) is 30.5 Å². The van der Waals surface area contributed by atoms with Crippen LogP contribution in [0.25, 0.3) is 16.6 Å². The number of thiazole rings is 1. The van der Waals surface area contributed by atoms with Gasteiger partial charge in [0.05, 0.1) is 17.0 Å². The number of anilines is 1. The number of aromatic nitrogens is 2. The summed E-state index contributed by atoms with van der Waals surface area (Å²) in [6, 6.07) is 7.75. The molecule has 1 N–H and O–H groups in total. The average molecular weight is 295 g/mol. The van der Waals surface area contributed by atoms with E-state index in [-0.39, 0.29) is 5.91 Å². The lowest BCUT2D eigenvalue weighted by molar-refractivity contribution is -0.110. The molecule has 0 fully saturated rings. The normalized spacial score (nSPS) is 15.7. The van der Waals surface area contributed by atoms with Crippen molar-refractivity contribution in [2.75, 3.05) is 5.32 Å². The Bertz CT molecular complexity index is 917. The van der Waals surface area contributed by atoms with Gasteiger partial charge in [-0.25, -0.2) is 4.98 Å². The molecule has 3 heterocycles. The first-order valence-electron chi connectivity index (χ1n) is 6.71. The molecular formula is C16H13N3OS. The van der Waals surface area contributed by atoms with E-state index in [9.17, 15) is 4.79 Å². The van der Waals surface area contributed by atoms with Crippen LogP contribution in [0.3, 0.4) is 0 Å². The van der Waals surface area contributed by atoms with Gasteiger partial charge in [0.15, 0.2) is 4.96 Å². The summed E-state index contributed by atoms with van der Waals surface area (Å²) in [5.74, 6) is -0.0579. The third-order valence-corrected chi connectivity index (χ3v) is 4.55. The number of rotatable bonds is 1. The second-order valence-corrected chi connectivity index (χ2v) is 6.35. The molecule has 0 atom stereocenters. The lowest BCUT2D eigenvalue weighted by Crippen LogP contribution is -2.03. The van der Waals surface area contributed by atoms with Crippen molar-refractivity contribution in [3.63, 3.8) is 0 Å². The standard InChI is InChI=1S/C16H13N3OS/c1-9-8-19-14(10(2)17-16(19)21-9)7-12-11-5-3-4-6-13(11)18-15(12)20/h3-8H,1-2H3,(H,18,20)/b12-7+. The van der Waals surface area contributed by atoms with E-state index >= 15 is 0 Å². The molecule has 1 aromatic carbocycles. The van der Waals surface area contributed by atoms with Gasteiger partial charge in [-0.1, -0.05) is 18.2 Å². The number of para-hydroxylation sites is 1. The zero-order valence-corrected chi connectivity index (χ0v) is 12.5. The Labute approximate surface area is 125 Å². The quantitative estimate of drug-likeness (QED) is 0.698. The predicted octanol–water partition coefficient (Wildman–Crippen LogP) is 3.51. The molecule has 21 heavy (non-hydrogen) atoms. The number of carbonyl (C=O) groups excluding carboxylic acids is 1. The molecule has 0 unspecified atom stereocenters. The van der Waals surface area contributed by atoms with Gasteiger partial charge in [0, 0.05) is 22.3 Å². The molecule has 0 saturated heterocycles. The fourth-order valence-corrected chi connectivity index (χ4v) is 3.55. The number of benzene rings is 1. The molecule has 3 aromatic rings. The van der Waals surface area contributed by atoms with E-state index in [1.807, 2.05) is 37.3 Å². The molecule has 0 bridgehead atoms. The molecule has 1 aliphatic rings. The maximum atomic E-state index is 12.2. The van der Waals surface area contributed by atoms with E-state index in [0.29, 0.717) is 5.57 Å². The molecule has 4 nitrogen and oxygen atoms in total. The maximum Gasteiger partial charge on any atom is 0.256 e. The largest absolute Gasteiger partial charge is 0.321 e. The molecule has 104 valence electrons. The molecule has 0 radical (unpaired) electrons. The van der Waals surface area contributed by atoms with Gasteiger partial charge in [0.25, 0.3) is 5.91 Å². The van der Waals surface area contributed by atoms with Gasteiger partial charge < -0.3 is 5.32 Å². The monoisotopic (exact) mass is 295 g/mol. The first-order valence-corrected chi connectivity index (χ1v) is 7.52. The summed E-state index contributed by atoms with van der Waals surface area (Å²) < 4.78 is 2.05. The molecule has 2 aromatic heterocycles. The molecule has 1 aliphatic heterocycles. The zero-order valence-electron chi connectivity index (χ0n) is 11.7. The Hall–Kier alpha value is -2.40. The van der Waals surface area contributed by atoms with Gasteiger partial charge in [-0.15, -0.1) is 11.3 Å². The number of amides is 1. The van der Waals surface area contributed by atoms with E-state index in [4.69, 9.17) is 0 Å². The van der Waals surface area contributed by atoms with E-state index in [1.165, 1.54) is 4.88 Å². The highest BCUT2D eigenvalue weighted by atomic mass is 32.1. The molecular weight excluding hydrogens is 282 g/mol. The molecule has 0 spiro atoms. The number of hydrogen-bond acceptors (Lipinski definition) is 3. The summed E-state index contributed by atoms with van der Waals surface area (Å²) in [4.78, 5) is 18.9. The van der Waals surface area contributed by atoms with Gasteiger partial charge in [-0.3, -0.25) is 9.20 Å². The highest BCUT2D eigenvalue weighted by Gasteiger charge is 2.24. The highest BCUT2D eigenvalue weighted by Crippen LogP contribution is 2.33. The topological polar surface area (TPSA) is 46.4 Å². The summed E-state index contributed by atoms with van der Waals surface area (Å²) >= 11 is 1.65. The Morgan fingerprint density at radius 1 is 1.29 bits per heavy atom. The van der Waals surface area contributed by atoms with Gasteiger partial charge in [0.1, 0.15) is 0 Å². The van der Waals surface area contributed by atoms with E-state index < -0.39 is 0 Å². The molecule has 0 aliphatic carbocycles. The van der Waals surface area contributed by atoms with Crippen LogP contribution in [0.5, 0.6) is 0 Å². The Morgan fingerprint density at radius 2 is 2.10 bits per heavy atom. The van der Waals surface area contributed by atoms with Crippen molar-refractivity contribution in [2.24, 2.45) is 0 Å². The van der Waals surface area contributed by atoms with Crippen molar-refractivity contribution >= 4 is 39.5 Å². The van der Waals surface area contributed by atoms with Crippen LogP contribution < -0.4 is 5.32 Å². The second kappa shape index (κ2) is 4.30. The second-order valence-electron chi connectivity index (χ2n) is 5.13. The SMILES string of the molecule is Cc1cn2c(/C=C3/C(=O)Nc4ccccc43)c(C)nc2s1. The molecule has 0 saturated carbocycles. The number of aryl methyl sites for hydroxylation is 2. The zero-order chi connectivity index (χ0) is 14.6. The lowest BCUT2D eigenvalue weighted by atomic mass is 10.1. The number of hydrogen-bond donors (Lipinski definition) is 1. The Kier molecular flexibility index (Phi) is 2.53. The molecule has 4 rings (SSSR count). The minimum atomic E-state index is -0.0579. The summed E-state index contributed by atoms with van der Waals surface area (Å²) in [5.41, 5.74) is 4.42. The fourth-order valence-electron chi connectivity index (χ4n) is 2.67. The van der Waals surface area contributed by atoms with Gasteiger partial charge >= 0.3 is 0 Å². The third-order valence-electron chi connectivity index (χ3n) is 3.65. The van der Waals surface area contributed by atoms with E-state index in [0.717, 1.165) is 27.6 Å². The Morgan fingerprint density at radius 3 is 2.95 bits per heavy atom. The Balaban J connectivity index is 1.94. The van der Waals surface area contributed by atoms with E-state index in [1.54, 1.807) is 11.3 Å². The molecule has 5 heteroatoms. The number of fused-ring (bicyclic) bond motifs is 2. The average Bonchev–Trinajstić information content (AvgIpc) is 3.04. The number of carbonyl (C=O) groups is 1. The van der Waals surface area contributed by atoms with Gasteiger partial charge in [0.2, 0.25) is 0 Å². The van der Waals surface area contributed by atoms with Crippen LogP contribution in [0.1, 0.15) is 21.8 Å². The fraction of sp³-hybridized carbons (Fsp3) is 0.125. The third kappa shape index (κ3) is 1.81. The van der Waals surface area contributed by atoms with Crippen molar-refractivity contribution in [1.82, 2.24) is 9.38 Å². The number of nitrogens with zero attached hydrogens (tertiary/aromatic N) is 2. The first-order chi connectivity index (χ1) is 10.1. The van der Waals surface area contributed by atoms with Crippen LogP contribution in [-0.2, 0) is 4.79 Å². The number of nitrogens with one attached hydrogen (secondary N) is 1. The minimum Gasteiger partial charge on any atom is -0.321 e. The van der Waals surface area contributed by atoms with Crippen molar-refractivity contribution in [2.45, 2.75) is 13.8 Å². The lowest BCUT2D eigenvalue weighted by Gasteiger charge is -1.98. The molecule has 1 amide bonds. The van der Waals surface area contributed by atoms with Crippen LogP contribution in [0.2, 0.25) is 0 Å². The van der Waals surface area contributed by atoms with Crippen LogP contribution in [-0.4, -0.2) is 15.3 Å². The number of imidazole rings is 1. The van der Waals surface area contributed by atoms with Crippen molar-refractivity contribution in [3.05, 3.63) is 52.3 Å². The smallest absolute Gasteiger partial charge is 0.256 e. The maximum absolute atomic E-state index is 12.2. The van der Waals surface area contributed by atoms with Gasteiger partial charge in [-0.05, 0) is 26.0 Å². The highest BCUT2D eigenvalue weighted by molar-refractivity contribution is 7.17. The first kappa shape index (κ1) is 12.3. The van der Waals surface area contributed by atoms with E-state index in [2.05, 4.69) is 27.8 Å². The summed E-state index contributed by atoms with van der Waals surface area (Å²) in [7, 11) is 0. The van der Waals surface area contributed by atoms with Crippen molar-refractivity contribution in [3.8, 4) is 0 Å². The van der Waals surface area contributed by atoms with Crippen molar-refractivity contribution < 1.29 is 4.79 Å². The summed E-state index contributed by atoms with van der Waals surface area (Å²) in [6.07, 6.45) is 3.99. The minimum absolute atomic E-state index is 0.0579. The van der Waals surface area contributed by atoms with Crippen LogP contribution in [0, 0.1) is 13.8 Å². The van der Waals surface area contributed by atoms with Gasteiger partial charge in [-0.2, -0.15) is 0 Å². The predicted molar refractivity (Wildman–Crippen MR) is 85.5 cm³/mol. The van der Waals surface area contributed by atoms with Crippen molar-refractivity contribution in [1.29, 1.82) is 0 Å². The summed E-state index contributed by atoms with van der Waals surface area (Å²) in [5, 5.41) is 2.90. The summed E-state index contributed by atoms with van der Waals surface area (Å²) in [6.45, 7) is 4.03.